The van der Waals surface area contributed by atoms with Gasteiger partial charge in [0.1, 0.15) is 5.82 Å². The molecule has 0 bridgehead atoms. The quantitative estimate of drug-likeness (QED) is 0.880. The lowest BCUT2D eigenvalue weighted by molar-refractivity contribution is 0.192. The van der Waals surface area contributed by atoms with E-state index in [0.717, 1.165) is 19.5 Å². The minimum absolute atomic E-state index is 0.157. The molecule has 0 aromatic heterocycles. The van der Waals surface area contributed by atoms with Crippen LogP contribution in [0.15, 0.2) is 24.3 Å². The van der Waals surface area contributed by atoms with Gasteiger partial charge in [-0.15, -0.1) is 0 Å². The molecule has 19 heavy (non-hydrogen) atoms. The molecule has 1 N–H and O–H groups in total. The molecule has 1 aromatic rings. The number of likely N-dealkylation sites (N-methyl/N-ethyl adjacent to an activating group) is 1. The van der Waals surface area contributed by atoms with Gasteiger partial charge in [-0.05, 0) is 57.0 Å². The van der Waals surface area contributed by atoms with Crippen molar-refractivity contribution in [1.82, 2.24) is 10.2 Å². The number of halogens is 1. The van der Waals surface area contributed by atoms with Crippen LogP contribution < -0.4 is 5.32 Å². The fraction of sp³-hybridized carbons (Fsp3) is 0.625. The summed E-state index contributed by atoms with van der Waals surface area (Å²) in [5.74, 6) is -0.157. The summed E-state index contributed by atoms with van der Waals surface area (Å²) in [7, 11) is 0. The molecule has 2 atom stereocenters. The van der Waals surface area contributed by atoms with Gasteiger partial charge in [0.25, 0.3) is 0 Å². The van der Waals surface area contributed by atoms with Gasteiger partial charge in [0, 0.05) is 18.6 Å². The highest BCUT2D eigenvalue weighted by Gasteiger charge is 2.19. The van der Waals surface area contributed by atoms with Crippen molar-refractivity contribution in [2.45, 2.75) is 45.2 Å². The minimum atomic E-state index is -0.157. The van der Waals surface area contributed by atoms with Crippen LogP contribution in [0.1, 0.15) is 32.3 Å². The zero-order valence-electron chi connectivity index (χ0n) is 12.0. The molecule has 1 aliphatic rings. The Kier molecular flexibility index (Phi) is 5.34. The van der Waals surface area contributed by atoms with E-state index in [4.69, 9.17) is 0 Å². The van der Waals surface area contributed by atoms with Crippen molar-refractivity contribution in [3.63, 3.8) is 0 Å². The first-order valence-electron chi connectivity index (χ1n) is 7.40. The zero-order chi connectivity index (χ0) is 13.7. The highest BCUT2D eigenvalue weighted by Crippen LogP contribution is 2.12. The van der Waals surface area contributed by atoms with Gasteiger partial charge in [0.2, 0.25) is 0 Å². The van der Waals surface area contributed by atoms with Crippen molar-refractivity contribution < 1.29 is 4.39 Å². The van der Waals surface area contributed by atoms with E-state index in [1.165, 1.54) is 24.9 Å². The molecule has 1 heterocycles. The van der Waals surface area contributed by atoms with Crippen molar-refractivity contribution >= 4 is 0 Å². The summed E-state index contributed by atoms with van der Waals surface area (Å²) < 4.78 is 12.9. The second kappa shape index (κ2) is 7.01. The number of piperidine rings is 1. The molecule has 2 rings (SSSR count). The van der Waals surface area contributed by atoms with Gasteiger partial charge < -0.3 is 10.2 Å². The number of nitrogens with zero attached hydrogens (tertiary/aromatic N) is 1. The first-order chi connectivity index (χ1) is 9.17. The molecule has 0 amide bonds. The van der Waals surface area contributed by atoms with E-state index in [0.29, 0.717) is 12.1 Å². The maximum atomic E-state index is 12.9. The molecule has 0 saturated carbocycles. The van der Waals surface area contributed by atoms with Crippen LogP contribution >= 0.6 is 0 Å². The average molecular weight is 264 g/mol. The molecule has 1 aromatic carbocycles. The Morgan fingerprint density at radius 1 is 1.37 bits per heavy atom. The van der Waals surface area contributed by atoms with E-state index in [-0.39, 0.29) is 5.82 Å². The number of nitrogens with one attached hydrogen (secondary N) is 1. The molecular weight excluding hydrogens is 239 g/mol. The molecule has 3 heteroatoms. The summed E-state index contributed by atoms with van der Waals surface area (Å²) in [5.41, 5.74) is 1.20. The van der Waals surface area contributed by atoms with Crippen molar-refractivity contribution in [2.75, 3.05) is 19.6 Å². The number of hydrogen-bond acceptors (Lipinski definition) is 2. The van der Waals surface area contributed by atoms with E-state index in [2.05, 4.69) is 24.1 Å². The Labute approximate surface area is 116 Å². The van der Waals surface area contributed by atoms with E-state index in [1.807, 2.05) is 12.1 Å². The van der Waals surface area contributed by atoms with Crippen LogP contribution in [0.4, 0.5) is 4.39 Å². The van der Waals surface area contributed by atoms with Crippen LogP contribution in [0.5, 0.6) is 0 Å². The van der Waals surface area contributed by atoms with E-state index >= 15 is 0 Å². The molecule has 0 spiro atoms. The number of rotatable bonds is 5. The van der Waals surface area contributed by atoms with E-state index < -0.39 is 0 Å². The highest BCUT2D eigenvalue weighted by molar-refractivity contribution is 5.17. The predicted molar refractivity (Wildman–Crippen MR) is 77.8 cm³/mol. The Bertz CT molecular complexity index is 377. The monoisotopic (exact) mass is 264 g/mol. The first kappa shape index (κ1) is 14.5. The topological polar surface area (TPSA) is 15.3 Å². The third kappa shape index (κ3) is 4.59. The summed E-state index contributed by atoms with van der Waals surface area (Å²) in [4.78, 5) is 2.51. The van der Waals surface area contributed by atoms with Gasteiger partial charge in [0.15, 0.2) is 0 Å². The maximum Gasteiger partial charge on any atom is 0.123 e. The Hall–Kier alpha value is -0.930. The lowest BCUT2D eigenvalue weighted by Crippen LogP contribution is -2.48. The molecular formula is C16H25FN2. The van der Waals surface area contributed by atoms with Gasteiger partial charge in [-0.3, -0.25) is 0 Å². The molecule has 106 valence electrons. The summed E-state index contributed by atoms with van der Waals surface area (Å²) in [6.07, 6.45) is 3.52. The number of benzene rings is 1. The molecule has 1 fully saturated rings. The predicted octanol–water partition coefficient (Wildman–Crippen LogP) is 2.83. The summed E-state index contributed by atoms with van der Waals surface area (Å²) in [6, 6.07) is 7.89. The molecule has 2 unspecified atom stereocenters. The molecule has 0 aliphatic carbocycles. The number of likely N-dealkylation sites (tertiary alicyclic amines) is 1. The Morgan fingerprint density at radius 3 is 2.79 bits per heavy atom. The first-order valence-corrected chi connectivity index (χ1v) is 7.40. The zero-order valence-corrected chi connectivity index (χ0v) is 12.0. The van der Waals surface area contributed by atoms with Gasteiger partial charge in [-0.25, -0.2) is 4.39 Å². The SMILES string of the molecule is CCN1CCCC(NC(C)Cc2ccc(F)cc2)C1. The van der Waals surface area contributed by atoms with Crippen LogP contribution in [0.25, 0.3) is 0 Å². The summed E-state index contributed by atoms with van der Waals surface area (Å²) in [6.45, 7) is 7.98. The second-order valence-electron chi connectivity index (χ2n) is 5.63. The number of hydrogen-bond donors (Lipinski definition) is 1. The van der Waals surface area contributed by atoms with Crippen molar-refractivity contribution in [3.05, 3.63) is 35.6 Å². The highest BCUT2D eigenvalue weighted by atomic mass is 19.1. The van der Waals surface area contributed by atoms with Crippen molar-refractivity contribution in [2.24, 2.45) is 0 Å². The fourth-order valence-electron chi connectivity index (χ4n) is 2.91. The second-order valence-corrected chi connectivity index (χ2v) is 5.63. The van der Waals surface area contributed by atoms with Crippen LogP contribution in [0.3, 0.4) is 0 Å². The van der Waals surface area contributed by atoms with E-state index in [1.54, 1.807) is 12.1 Å². The van der Waals surface area contributed by atoms with Gasteiger partial charge in [-0.1, -0.05) is 19.1 Å². The molecule has 1 aliphatic heterocycles. The smallest absolute Gasteiger partial charge is 0.123 e. The van der Waals surface area contributed by atoms with Crippen LogP contribution in [-0.4, -0.2) is 36.6 Å². The fourth-order valence-corrected chi connectivity index (χ4v) is 2.91. The third-order valence-corrected chi connectivity index (χ3v) is 3.93. The normalized spacial score (nSPS) is 22.4. The largest absolute Gasteiger partial charge is 0.310 e. The Morgan fingerprint density at radius 2 is 2.11 bits per heavy atom. The molecule has 1 saturated heterocycles. The third-order valence-electron chi connectivity index (χ3n) is 3.93. The average Bonchev–Trinajstić information content (AvgIpc) is 2.41. The van der Waals surface area contributed by atoms with Crippen molar-refractivity contribution in [3.8, 4) is 0 Å². The lowest BCUT2D eigenvalue weighted by atomic mass is 10.0. The molecule has 2 nitrogen and oxygen atoms in total. The Balaban J connectivity index is 1.80. The van der Waals surface area contributed by atoms with Crippen LogP contribution in [-0.2, 0) is 6.42 Å². The van der Waals surface area contributed by atoms with E-state index in [9.17, 15) is 4.39 Å². The van der Waals surface area contributed by atoms with Gasteiger partial charge in [-0.2, -0.15) is 0 Å². The van der Waals surface area contributed by atoms with Gasteiger partial charge in [0.05, 0.1) is 0 Å². The maximum absolute atomic E-state index is 12.9. The van der Waals surface area contributed by atoms with Crippen LogP contribution in [0, 0.1) is 5.82 Å². The lowest BCUT2D eigenvalue weighted by Gasteiger charge is -2.34. The minimum Gasteiger partial charge on any atom is -0.310 e. The standard InChI is InChI=1S/C16H25FN2/c1-3-19-10-4-5-16(12-19)18-13(2)11-14-6-8-15(17)9-7-14/h6-9,13,16,18H,3-5,10-12H2,1-2H3. The van der Waals surface area contributed by atoms with Crippen molar-refractivity contribution in [1.29, 1.82) is 0 Å². The van der Waals surface area contributed by atoms with Crippen LogP contribution in [0.2, 0.25) is 0 Å². The van der Waals surface area contributed by atoms with Gasteiger partial charge >= 0.3 is 0 Å². The summed E-state index contributed by atoms with van der Waals surface area (Å²) in [5, 5.41) is 3.71. The summed E-state index contributed by atoms with van der Waals surface area (Å²) >= 11 is 0. The molecule has 0 radical (unpaired) electrons.